The Morgan fingerprint density at radius 1 is 0.848 bits per heavy atom. The van der Waals surface area contributed by atoms with Crippen LogP contribution < -0.4 is 19.7 Å². The minimum atomic E-state index is -0.570. The zero-order valence-electron chi connectivity index (χ0n) is 26.8. The summed E-state index contributed by atoms with van der Waals surface area (Å²) in [5.74, 6) is 1.96. The number of carbonyl (C=O) groups is 1. The van der Waals surface area contributed by atoms with Crippen molar-refractivity contribution in [2.75, 3.05) is 37.5 Å². The molecule has 2 aromatic heterocycles. The molecule has 0 aliphatic heterocycles. The molecule has 2 heterocycles. The lowest BCUT2D eigenvalue weighted by Crippen LogP contribution is -2.31. The normalized spacial score (nSPS) is 11.3. The van der Waals surface area contributed by atoms with Gasteiger partial charge in [-0.3, -0.25) is 0 Å². The van der Waals surface area contributed by atoms with Gasteiger partial charge in [-0.25, -0.2) is 14.7 Å². The summed E-state index contributed by atoms with van der Waals surface area (Å²) >= 11 is 0. The highest BCUT2D eigenvalue weighted by atomic mass is 16.6. The van der Waals surface area contributed by atoms with Crippen LogP contribution in [0.15, 0.2) is 97.2 Å². The van der Waals surface area contributed by atoms with E-state index in [1.54, 1.807) is 12.3 Å². The van der Waals surface area contributed by atoms with Gasteiger partial charge in [-0.1, -0.05) is 36.4 Å². The van der Waals surface area contributed by atoms with Crippen molar-refractivity contribution >= 4 is 51.0 Å². The molecule has 0 fully saturated rings. The number of hydrogen-bond acceptors (Lipinski definition) is 7. The molecule has 6 rings (SSSR count). The summed E-state index contributed by atoms with van der Waals surface area (Å²) in [5, 5.41) is 5.39. The third-order valence-electron chi connectivity index (χ3n) is 7.90. The third kappa shape index (κ3) is 6.36. The molecule has 0 aliphatic rings. The number of fused-ring (bicyclic) bond motifs is 3. The van der Waals surface area contributed by atoms with Crippen molar-refractivity contribution in [1.29, 1.82) is 0 Å². The molecule has 46 heavy (non-hydrogen) atoms. The Morgan fingerprint density at radius 2 is 1.57 bits per heavy atom. The average molecular weight is 615 g/mol. The summed E-state index contributed by atoms with van der Waals surface area (Å²) in [6, 6.07) is 29.3. The number of rotatable bonds is 10. The van der Waals surface area contributed by atoms with Gasteiger partial charge < -0.3 is 24.3 Å². The lowest BCUT2D eigenvalue weighted by molar-refractivity contribution is 0.210. The van der Waals surface area contributed by atoms with E-state index in [0.717, 1.165) is 57.5 Å². The third-order valence-corrected chi connectivity index (χ3v) is 7.90. The highest BCUT2D eigenvalue weighted by Gasteiger charge is 2.26. The van der Waals surface area contributed by atoms with Gasteiger partial charge in [-0.2, -0.15) is 4.98 Å². The Bertz CT molecular complexity index is 1980. The van der Waals surface area contributed by atoms with E-state index >= 15 is 0 Å². The summed E-state index contributed by atoms with van der Waals surface area (Å²) in [4.78, 5) is 26.9. The Labute approximate surface area is 269 Å². The van der Waals surface area contributed by atoms with Gasteiger partial charge in [0.25, 0.3) is 0 Å². The molecule has 4 aromatic carbocycles. The Balaban J connectivity index is 1.30. The molecule has 0 saturated carbocycles. The number of ether oxygens (including phenoxy) is 2. The lowest BCUT2D eigenvalue weighted by Gasteiger charge is -2.25. The monoisotopic (exact) mass is 614 g/mol. The molecule has 1 amide bonds. The van der Waals surface area contributed by atoms with Gasteiger partial charge in [-0.05, 0) is 94.5 Å². The second-order valence-corrected chi connectivity index (χ2v) is 11.4. The van der Waals surface area contributed by atoms with Crippen LogP contribution in [-0.2, 0) is 6.54 Å². The largest absolute Gasteiger partial charge is 0.492 e. The standard InChI is InChI=1S/C37H38N6O3/c1-6-42-32-13-8-7-12-30(32)31-24-29(18-19-33(31)42)46-37(44)43(35-25(2)10-9-11-26(35)3)34-20-21-38-36(40-34)39-27-14-16-28(17-15-27)45-23-22-41(4)5/h7-21,24H,6,22-23H2,1-5H3,(H,38,39,40). The number of likely N-dealkylation sites (N-methyl/N-ethyl adjacent to an activating group) is 1. The fourth-order valence-corrected chi connectivity index (χ4v) is 5.68. The van der Waals surface area contributed by atoms with Gasteiger partial charge >= 0.3 is 6.09 Å². The average Bonchev–Trinajstić information content (AvgIpc) is 3.36. The summed E-state index contributed by atoms with van der Waals surface area (Å²) in [7, 11) is 4.02. The minimum Gasteiger partial charge on any atom is -0.492 e. The Hall–Kier alpha value is -5.41. The van der Waals surface area contributed by atoms with E-state index in [2.05, 4.69) is 38.8 Å². The molecular weight excluding hydrogens is 576 g/mol. The van der Waals surface area contributed by atoms with E-state index < -0.39 is 6.09 Å². The van der Waals surface area contributed by atoms with Crippen molar-refractivity contribution in [2.24, 2.45) is 0 Å². The molecule has 0 saturated heterocycles. The highest BCUT2D eigenvalue weighted by molar-refractivity contribution is 6.09. The van der Waals surface area contributed by atoms with E-state index in [4.69, 9.17) is 14.5 Å². The highest BCUT2D eigenvalue weighted by Crippen LogP contribution is 2.35. The molecule has 9 nitrogen and oxygen atoms in total. The molecule has 234 valence electrons. The molecule has 0 bridgehead atoms. The van der Waals surface area contributed by atoms with Crippen LogP contribution in [-0.4, -0.2) is 52.8 Å². The topological polar surface area (TPSA) is 84.8 Å². The van der Waals surface area contributed by atoms with Gasteiger partial charge in [-0.15, -0.1) is 0 Å². The first kappa shape index (κ1) is 30.6. The van der Waals surface area contributed by atoms with Crippen LogP contribution in [0.2, 0.25) is 0 Å². The number of para-hydroxylation sites is 2. The number of aryl methyl sites for hydroxylation is 3. The Kier molecular flexibility index (Phi) is 8.85. The van der Waals surface area contributed by atoms with Crippen molar-refractivity contribution in [3.8, 4) is 11.5 Å². The summed E-state index contributed by atoms with van der Waals surface area (Å²) in [6.45, 7) is 8.34. The molecule has 0 unspecified atom stereocenters. The van der Waals surface area contributed by atoms with Crippen LogP contribution in [0.5, 0.6) is 11.5 Å². The zero-order valence-corrected chi connectivity index (χ0v) is 26.8. The minimum absolute atomic E-state index is 0.344. The number of benzene rings is 4. The van der Waals surface area contributed by atoms with Crippen LogP contribution in [0, 0.1) is 13.8 Å². The zero-order chi connectivity index (χ0) is 32.2. The maximum atomic E-state index is 14.1. The molecule has 0 spiro atoms. The fraction of sp³-hybridized carbons (Fsp3) is 0.216. The second-order valence-electron chi connectivity index (χ2n) is 11.4. The van der Waals surface area contributed by atoms with E-state index in [1.807, 2.05) is 101 Å². The predicted octanol–water partition coefficient (Wildman–Crippen LogP) is 8.24. The van der Waals surface area contributed by atoms with Crippen LogP contribution in [0.4, 0.5) is 27.9 Å². The SMILES string of the molecule is CCn1c2ccccc2c2cc(OC(=O)N(c3ccnc(Nc4ccc(OCCN(C)C)cc4)n3)c3c(C)cccc3C)ccc21. The van der Waals surface area contributed by atoms with Gasteiger partial charge in [0.1, 0.15) is 23.9 Å². The molecule has 0 radical (unpaired) electrons. The van der Waals surface area contributed by atoms with E-state index in [0.29, 0.717) is 29.8 Å². The van der Waals surface area contributed by atoms with Crippen molar-refractivity contribution in [2.45, 2.75) is 27.3 Å². The van der Waals surface area contributed by atoms with Crippen LogP contribution in [0.3, 0.4) is 0 Å². The molecule has 0 aliphatic carbocycles. The number of aromatic nitrogens is 3. The van der Waals surface area contributed by atoms with Gasteiger partial charge in [0.15, 0.2) is 0 Å². The van der Waals surface area contributed by atoms with Crippen molar-refractivity contribution in [1.82, 2.24) is 19.4 Å². The quantitative estimate of drug-likeness (QED) is 0.166. The number of nitrogens with one attached hydrogen (secondary N) is 1. The van der Waals surface area contributed by atoms with Gasteiger partial charge in [0.05, 0.1) is 5.69 Å². The number of carbonyl (C=O) groups excluding carboxylic acids is 1. The maximum absolute atomic E-state index is 14.1. The second kappa shape index (κ2) is 13.3. The van der Waals surface area contributed by atoms with Crippen molar-refractivity contribution in [3.63, 3.8) is 0 Å². The number of hydrogen-bond donors (Lipinski definition) is 1. The van der Waals surface area contributed by atoms with E-state index in [9.17, 15) is 4.79 Å². The summed E-state index contributed by atoms with van der Waals surface area (Å²) in [5.41, 5.74) is 5.56. The predicted molar refractivity (Wildman–Crippen MR) is 185 cm³/mol. The van der Waals surface area contributed by atoms with Crippen molar-refractivity contribution in [3.05, 3.63) is 108 Å². The summed E-state index contributed by atoms with van der Waals surface area (Å²) < 4.78 is 14.2. The van der Waals surface area contributed by atoms with Crippen LogP contribution in [0.25, 0.3) is 21.8 Å². The smallest absolute Gasteiger partial charge is 0.425 e. The number of nitrogens with zero attached hydrogens (tertiary/aromatic N) is 5. The van der Waals surface area contributed by atoms with Crippen LogP contribution >= 0.6 is 0 Å². The van der Waals surface area contributed by atoms with Crippen molar-refractivity contribution < 1.29 is 14.3 Å². The number of amides is 1. The fourth-order valence-electron chi connectivity index (χ4n) is 5.68. The first-order valence-electron chi connectivity index (χ1n) is 15.4. The van der Waals surface area contributed by atoms with Crippen LogP contribution in [0.1, 0.15) is 18.1 Å². The number of anilines is 4. The Morgan fingerprint density at radius 3 is 2.30 bits per heavy atom. The molecule has 0 atom stereocenters. The lowest BCUT2D eigenvalue weighted by atomic mass is 10.1. The molecule has 1 N–H and O–H groups in total. The maximum Gasteiger partial charge on any atom is 0.425 e. The molecular formula is C37H38N6O3. The first-order chi connectivity index (χ1) is 22.3. The van der Waals surface area contributed by atoms with E-state index in [1.165, 1.54) is 4.90 Å². The molecule has 9 heteroatoms. The first-order valence-corrected chi connectivity index (χ1v) is 15.4. The molecule has 6 aromatic rings. The van der Waals surface area contributed by atoms with Gasteiger partial charge in [0.2, 0.25) is 5.95 Å². The summed E-state index contributed by atoms with van der Waals surface area (Å²) in [6.07, 6.45) is 1.06. The van der Waals surface area contributed by atoms with E-state index in [-0.39, 0.29) is 0 Å². The van der Waals surface area contributed by atoms with Gasteiger partial charge in [0, 0.05) is 52.8 Å².